The minimum absolute atomic E-state index is 0.197. The average molecular weight is 304 g/mol. The standard InChI is InChI=1S/C12H17F5O3/c1-5(2)12(18)20-4-3-19-11-9(16)7(14)6(13)8(15)10(11)17/h5,7,9-12,18H,3-4H2,1-2H3. The van der Waals surface area contributed by atoms with E-state index >= 15 is 0 Å². The molecule has 0 amide bonds. The summed E-state index contributed by atoms with van der Waals surface area (Å²) < 4.78 is 75.0. The van der Waals surface area contributed by atoms with Crippen LogP contribution in [0.25, 0.3) is 0 Å². The Balaban J connectivity index is 2.48. The second kappa shape index (κ2) is 7.33. The number of alkyl halides is 3. The first kappa shape index (κ1) is 17.3. The molecule has 0 heterocycles. The van der Waals surface area contributed by atoms with E-state index in [1.54, 1.807) is 13.8 Å². The van der Waals surface area contributed by atoms with Crippen molar-refractivity contribution in [1.29, 1.82) is 0 Å². The third kappa shape index (κ3) is 3.89. The van der Waals surface area contributed by atoms with Gasteiger partial charge in [0.1, 0.15) is 6.10 Å². The fraction of sp³-hybridized carbons (Fsp3) is 0.833. The maximum atomic E-state index is 13.4. The van der Waals surface area contributed by atoms with Gasteiger partial charge in [0.15, 0.2) is 36.5 Å². The largest absolute Gasteiger partial charge is 0.369 e. The molecule has 20 heavy (non-hydrogen) atoms. The van der Waals surface area contributed by atoms with Crippen LogP contribution in [-0.4, -0.2) is 49.2 Å². The number of halogens is 5. The highest BCUT2D eigenvalue weighted by Gasteiger charge is 2.48. The van der Waals surface area contributed by atoms with Crippen molar-refractivity contribution in [3.63, 3.8) is 0 Å². The van der Waals surface area contributed by atoms with Crippen molar-refractivity contribution >= 4 is 0 Å². The monoisotopic (exact) mass is 304 g/mol. The summed E-state index contributed by atoms with van der Waals surface area (Å²) in [5.74, 6) is -4.26. The first-order valence-corrected chi connectivity index (χ1v) is 6.15. The molecule has 1 rings (SSSR count). The van der Waals surface area contributed by atoms with Crippen molar-refractivity contribution in [1.82, 2.24) is 0 Å². The van der Waals surface area contributed by atoms with Crippen LogP contribution in [-0.2, 0) is 9.47 Å². The van der Waals surface area contributed by atoms with Crippen molar-refractivity contribution in [2.24, 2.45) is 5.92 Å². The number of rotatable bonds is 6. The Morgan fingerprint density at radius 1 is 1.05 bits per heavy atom. The van der Waals surface area contributed by atoms with Crippen LogP contribution in [0, 0.1) is 5.92 Å². The summed E-state index contributed by atoms with van der Waals surface area (Å²) in [7, 11) is 0. The van der Waals surface area contributed by atoms with Gasteiger partial charge in [-0.15, -0.1) is 0 Å². The van der Waals surface area contributed by atoms with Crippen LogP contribution in [0.4, 0.5) is 22.0 Å². The van der Waals surface area contributed by atoms with Gasteiger partial charge < -0.3 is 14.6 Å². The molecule has 8 heteroatoms. The van der Waals surface area contributed by atoms with E-state index in [1.807, 2.05) is 0 Å². The topological polar surface area (TPSA) is 38.7 Å². The normalized spacial score (nSPS) is 32.9. The molecule has 0 aromatic heterocycles. The lowest BCUT2D eigenvalue weighted by molar-refractivity contribution is -0.150. The lowest BCUT2D eigenvalue weighted by atomic mass is 9.97. The van der Waals surface area contributed by atoms with Gasteiger partial charge in [0.25, 0.3) is 0 Å². The van der Waals surface area contributed by atoms with Crippen molar-refractivity contribution in [3.8, 4) is 0 Å². The maximum absolute atomic E-state index is 13.4. The highest BCUT2D eigenvalue weighted by Crippen LogP contribution is 2.35. The third-order valence-electron chi connectivity index (χ3n) is 2.85. The fourth-order valence-corrected chi connectivity index (χ4v) is 1.60. The molecule has 0 aromatic carbocycles. The van der Waals surface area contributed by atoms with E-state index in [9.17, 15) is 27.1 Å². The first-order chi connectivity index (χ1) is 9.27. The highest BCUT2D eigenvalue weighted by molar-refractivity contribution is 5.20. The minimum atomic E-state index is -2.88. The van der Waals surface area contributed by atoms with Crippen molar-refractivity contribution in [2.45, 2.75) is 44.8 Å². The predicted molar refractivity (Wildman–Crippen MR) is 60.5 cm³/mol. The summed E-state index contributed by atoms with van der Waals surface area (Å²) in [6.45, 7) is 2.74. The predicted octanol–water partition coefficient (Wildman–Crippen LogP) is 2.54. The Bertz CT molecular complexity index is 350. The van der Waals surface area contributed by atoms with E-state index in [0.29, 0.717) is 0 Å². The zero-order valence-corrected chi connectivity index (χ0v) is 11.0. The fourth-order valence-electron chi connectivity index (χ4n) is 1.60. The second-order valence-corrected chi connectivity index (χ2v) is 4.78. The van der Waals surface area contributed by atoms with E-state index in [2.05, 4.69) is 4.74 Å². The van der Waals surface area contributed by atoms with Crippen LogP contribution >= 0.6 is 0 Å². The molecule has 1 aliphatic carbocycles. The summed E-state index contributed by atoms with van der Waals surface area (Å²) in [5.41, 5.74) is 0. The van der Waals surface area contributed by atoms with E-state index in [1.165, 1.54) is 0 Å². The minimum Gasteiger partial charge on any atom is -0.369 e. The van der Waals surface area contributed by atoms with Crippen LogP contribution in [0.2, 0.25) is 0 Å². The molecule has 0 radical (unpaired) electrons. The molecule has 118 valence electrons. The quantitative estimate of drug-likeness (QED) is 0.465. The molecule has 1 aliphatic rings. The SMILES string of the molecule is CC(C)C(O)OCCOC1C(F)C(F)=C(F)C(F)C1F. The van der Waals surface area contributed by atoms with Gasteiger partial charge in [0.2, 0.25) is 0 Å². The van der Waals surface area contributed by atoms with E-state index in [-0.39, 0.29) is 12.5 Å². The van der Waals surface area contributed by atoms with Gasteiger partial charge in [-0.1, -0.05) is 13.8 Å². The molecule has 0 saturated carbocycles. The van der Waals surface area contributed by atoms with Crippen LogP contribution in [0.1, 0.15) is 13.8 Å². The molecular formula is C12H17F5O3. The molecule has 3 nitrogen and oxygen atoms in total. The van der Waals surface area contributed by atoms with Gasteiger partial charge in [0, 0.05) is 5.92 Å². The van der Waals surface area contributed by atoms with E-state index in [4.69, 9.17) is 4.74 Å². The number of aliphatic hydroxyl groups excluding tert-OH is 1. The number of hydrogen-bond acceptors (Lipinski definition) is 3. The molecule has 5 atom stereocenters. The maximum Gasteiger partial charge on any atom is 0.188 e. The van der Waals surface area contributed by atoms with Crippen molar-refractivity contribution in [2.75, 3.05) is 13.2 Å². The van der Waals surface area contributed by atoms with Gasteiger partial charge >= 0.3 is 0 Å². The number of ether oxygens (including phenoxy) is 2. The molecular weight excluding hydrogens is 287 g/mol. The number of hydrogen-bond donors (Lipinski definition) is 1. The van der Waals surface area contributed by atoms with Crippen LogP contribution < -0.4 is 0 Å². The zero-order valence-electron chi connectivity index (χ0n) is 11.0. The summed E-state index contributed by atoms with van der Waals surface area (Å²) in [4.78, 5) is 0. The highest BCUT2D eigenvalue weighted by atomic mass is 19.2. The summed E-state index contributed by atoms with van der Waals surface area (Å²) in [6.07, 6.45) is -11.4. The lowest BCUT2D eigenvalue weighted by Crippen LogP contribution is -2.46. The Kier molecular flexibility index (Phi) is 6.35. The number of allylic oxidation sites excluding steroid dienone is 1. The van der Waals surface area contributed by atoms with E-state index in [0.717, 1.165) is 0 Å². The molecule has 0 fully saturated rings. The summed E-state index contributed by atoms with van der Waals surface area (Å²) in [5, 5.41) is 9.28. The Hall–Kier alpha value is -0.730. The molecule has 1 N–H and O–H groups in total. The van der Waals surface area contributed by atoms with E-state index < -0.39 is 49.2 Å². The van der Waals surface area contributed by atoms with Crippen molar-refractivity contribution < 1.29 is 36.5 Å². The van der Waals surface area contributed by atoms with Crippen LogP contribution in [0.5, 0.6) is 0 Å². The van der Waals surface area contributed by atoms with Crippen LogP contribution in [0.3, 0.4) is 0 Å². The molecule has 0 spiro atoms. The van der Waals surface area contributed by atoms with Gasteiger partial charge in [0.05, 0.1) is 13.2 Å². The van der Waals surface area contributed by atoms with Gasteiger partial charge in [-0.3, -0.25) is 0 Å². The molecule has 5 unspecified atom stereocenters. The van der Waals surface area contributed by atoms with Gasteiger partial charge in [-0.05, 0) is 0 Å². The van der Waals surface area contributed by atoms with Gasteiger partial charge in [-0.2, -0.15) is 0 Å². The molecule has 0 aliphatic heterocycles. The Morgan fingerprint density at radius 2 is 1.60 bits per heavy atom. The smallest absolute Gasteiger partial charge is 0.188 e. The summed E-state index contributed by atoms with van der Waals surface area (Å²) in [6, 6.07) is 0. The van der Waals surface area contributed by atoms with Crippen LogP contribution in [0.15, 0.2) is 11.7 Å². The molecule has 0 saturated heterocycles. The lowest BCUT2D eigenvalue weighted by Gasteiger charge is -2.30. The first-order valence-electron chi connectivity index (χ1n) is 6.15. The zero-order chi connectivity index (χ0) is 15.4. The Morgan fingerprint density at radius 3 is 2.15 bits per heavy atom. The number of aliphatic hydroxyl groups is 1. The Labute approximate surface area is 113 Å². The average Bonchev–Trinajstić information content (AvgIpc) is 2.41. The molecule has 0 aromatic rings. The van der Waals surface area contributed by atoms with Gasteiger partial charge in [-0.25, -0.2) is 22.0 Å². The second-order valence-electron chi connectivity index (χ2n) is 4.78. The molecule has 0 bridgehead atoms. The summed E-state index contributed by atoms with van der Waals surface area (Å²) >= 11 is 0. The third-order valence-corrected chi connectivity index (χ3v) is 2.85. The van der Waals surface area contributed by atoms with Crippen molar-refractivity contribution in [3.05, 3.63) is 11.7 Å².